The molecule has 1 aromatic carbocycles. The molecule has 3 atom stereocenters. The van der Waals surface area contributed by atoms with Crippen molar-refractivity contribution >= 4 is 27.7 Å². The predicted octanol–water partition coefficient (Wildman–Crippen LogP) is 4.97. The first-order valence-corrected chi connectivity index (χ1v) is 18.1. The molecule has 47 heavy (non-hydrogen) atoms. The number of unbranched alkanes of at least 4 members (excludes halogenated alkanes) is 8. The maximum atomic E-state index is 13.4. The number of benzene rings is 1. The zero-order valence-electron chi connectivity index (χ0n) is 28.0. The van der Waals surface area contributed by atoms with Crippen LogP contribution >= 0.6 is 0 Å². The Bertz CT molecular complexity index is 1290. The topological polar surface area (TPSA) is 156 Å². The second-order valence-electron chi connectivity index (χ2n) is 11.5. The summed E-state index contributed by atoms with van der Waals surface area (Å²) in [5.41, 5.74) is -2.12. The summed E-state index contributed by atoms with van der Waals surface area (Å²) in [6, 6.07) is 5.50. The monoisotopic (exact) mass is 681 g/mol. The van der Waals surface area contributed by atoms with Crippen molar-refractivity contribution in [3.05, 3.63) is 42.0 Å². The number of carboxylic acid groups (broad SMARTS) is 1. The van der Waals surface area contributed by atoms with Gasteiger partial charge in [-0.25, -0.2) is 18.0 Å². The Labute approximate surface area is 279 Å². The van der Waals surface area contributed by atoms with Crippen molar-refractivity contribution in [2.24, 2.45) is 5.92 Å². The Morgan fingerprint density at radius 1 is 1.02 bits per heavy atom. The number of carboxylic acids is 1. The molecule has 0 spiro atoms. The Balaban J connectivity index is 2.85. The fourth-order valence-corrected chi connectivity index (χ4v) is 6.44. The molecule has 10 nitrogen and oxygen atoms in total. The van der Waals surface area contributed by atoms with Crippen LogP contribution in [0.25, 0.3) is 0 Å². The fraction of sp³-hybridized carbons (Fsp3) is 0.629. The standard InChI is InChI=1S/C35H52FNO9S/c1-4-6-8-12-15-25-47(43,44)26-16-13-10-9-11-14-17-30(35(42,22-23-36)34(40)41)32(38)37-31(33(39)45-3)27-28-18-20-29(21-19-28)46-24-7-5-2/h14,17-21,30-31,42H,4,6,8-13,15-16,22-27H2,1-3H3,(H,37,38)(H,40,41)/t30-,31+,35+/m1/s1. The highest BCUT2D eigenvalue weighted by Crippen LogP contribution is 2.26. The molecule has 0 saturated carbocycles. The molecular formula is C35H52FNO9S. The molecule has 0 aliphatic carbocycles. The number of alkyl halides is 1. The number of sulfone groups is 1. The minimum absolute atomic E-state index is 0.00686. The van der Waals surface area contributed by atoms with Crippen LogP contribution in [-0.2, 0) is 35.4 Å². The molecule has 12 heteroatoms. The van der Waals surface area contributed by atoms with Gasteiger partial charge in [-0.15, -0.1) is 5.92 Å². The molecule has 1 aromatic rings. The number of amides is 1. The average molecular weight is 682 g/mol. The number of halogens is 1. The number of hydrogen-bond donors (Lipinski definition) is 3. The van der Waals surface area contributed by atoms with Crippen molar-refractivity contribution in [3.63, 3.8) is 0 Å². The molecule has 0 radical (unpaired) electrons. The van der Waals surface area contributed by atoms with Gasteiger partial charge < -0.3 is 25.0 Å². The van der Waals surface area contributed by atoms with E-state index in [0.29, 0.717) is 49.8 Å². The van der Waals surface area contributed by atoms with Gasteiger partial charge in [0.25, 0.3) is 0 Å². The molecule has 0 saturated heterocycles. The number of aliphatic hydroxyl groups is 1. The van der Waals surface area contributed by atoms with Crippen LogP contribution in [0.5, 0.6) is 5.75 Å². The first-order valence-electron chi connectivity index (χ1n) is 16.3. The zero-order valence-corrected chi connectivity index (χ0v) is 28.8. The van der Waals surface area contributed by atoms with Gasteiger partial charge in [-0.05, 0) is 50.3 Å². The number of carbonyl (C=O) groups excluding carboxylic acids is 2. The number of methoxy groups -OCH3 is 1. The average Bonchev–Trinajstić information content (AvgIpc) is 3.04. The van der Waals surface area contributed by atoms with E-state index in [0.717, 1.165) is 32.8 Å². The van der Waals surface area contributed by atoms with Gasteiger partial charge in [0.1, 0.15) is 28.2 Å². The number of hydrogen-bond acceptors (Lipinski definition) is 8. The van der Waals surface area contributed by atoms with Crippen LogP contribution in [0, 0.1) is 17.8 Å². The van der Waals surface area contributed by atoms with Gasteiger partial charge in [0.2, 0.25) is 5.91 Å². The van der Waals surface area contributed by atoms with Crippen molar-refractivity contribution < 1.29 is 46.9 Å². The smallest absolute Gasteiger partial charge is 0.336 e. The summed E-state index contributed by atoms with van der Waals surface area (Å²) in [6.45, 7) is 2.82. The van der Waals surface area contributed by atoms with E-state index in [2.05, 4.69) is 24.1 Å². The molecule has 0 unspecified atom stereocenters. The van der Waals surface area contributed by atoms with E-state index in [4.69, 9.17) is 9.47 Å². The van der Waals surface area contributed by atoms with Gasteiger partial charge in [0.05, 0.1) is 31.2 Å². The number of esters is 1. The highest BCUT2D eigenvalue weighted by Gasteiger charge is 2.47. The maximum absolute atomic E-state index is 13.4. The van der Waals surface area contributed by atoms with E-state index in [1.807, 2.05) is 0 Å². The third-order valence-electron chi connectivity index (χ3n) is 7.76. The second-order valence-corrected chi connectivity index (χ2v) is 13.8. The highest BCUT2D eigenvalue weighted by molar-refractivity contribution is 7.91. The molecule has 264 valence electrons. The molecular weight excluding hydrogens is 629 g/mol. The maximum Gasteiger partial charge on any atom is 0.336 e. The van der Waals surface area contributed by atoms with Gasteiger partial charge in [-0.2, -0.15) is 0 Å². The number of aliphatic carboxylic acids is 1. The first-order chi connectivity index (χ1) is 22.4. The molecule has 0 aliphatic rings. The summed E-state index contributed by atoms with van der Waals surface area (Å²) in [7, 11) is -1.93. The van der Waals surface area contributed by atoms with Crippen LogP contribution in [0.3, 0.4) is 0 Å². The summed E-state index contributed by atoms with van der Waals surface area (Å²) < 4.78 is 48.2. The quantitative estimate of drug-likeness (QED) is 0.0561. The van der Waals surface area contributed by atoms with Gasteiger partial charge in [-0.3, -0.25) is 9.18 Å². The van der Waals surface area contributed by atoms with E-state index < -0.39 is 58.3 Å². The summed E-state index contributed by atoms with van der Waals surface area (Å²) in [4.78, 5) is 38.1. The lowest BCUT2D eigenvalue weighted by atomic mass is 9.83. The Morgan fingerprint density at radius 3 is 2.19 bits per heavy atom. The molecule has 0 fully saturated rings. The summed E-state index contributed by atoms with van der Waals surface area (Å²) in [6.07, 6.45) is 9.77. The fourth-order valence-electron chi connectivity index (χ4n) is 4.95. The predicted molar refractivity (Wildman–Crippen MR) is 179 cm³/mol. The number of nitrogens with one attached hydrogen (secondary N) is 1. The second kappa shape index (κ2) is 23.0. The minimum atomic E-state index is -3.08. The van der Waals surface area contributed by atoms with Gasteiger partial charge >= 0.3 is 11.9 Å². The van der Waals surface area contributed by atoms with Crippen molar-refractivity contribution in [2.75, 3.05) is 31.9 Å². The van der Waals surface area contributed by atoms with Crippen LogP contribution in [0.1, 0.15) is 90.0 Å². The zero-order chi connectivity index (χ0) is 35.1. The lowest BCUT2D eigenvalue weighted by molar-refractivity contribution is -0.168. The number of allylic oxidation sites excluding steroid dienone is 1. The van der Waals surface area contributed by atoms with Crippen LogP contribution in [0.2, 0.25) is 0 Å². The normalized spacial score (nSPS) is 14.0. The largest absolute Gasteiger partial charge is 0.481 e. The molecule has 1 amide bonds. The Hall–Kier alpha value is -3.43. The molecule has 1 rings (SSSR count). The minimum Gasteiger partial charge on any atom is -0.481 e. The van der Waals surface area contributed by atoms with E-state index >= 15 is 0 Å². The van der Waals surface area contributed by atoms with Gasteiger partial charge in [-0.1, -0.05) is 75.7 Å². The molecule has 0 heterocycles. The molecule has 0 aliphatic heterocycles. The van der Waals surface area contributed by atoms with E-state index in [1.165, 1.54) is 12.2 Å². The van der Waals surface area contributed by atoms with Crippen LogP contribution in [-0.4, -0.2) is 80.0 Å². The van der Waals surface area contributed by atoms with E-state index in [-0.39, 0.29) is 24.5 Å². The summed E-state index contributed by atoms with van der Waals surface area (Å²) >= 11 is 0. The van der Waals surface area contributed by atoms with Crippen molar-refractivity contribution in [1.29, 1.82) is 0 Å². The Morgan fingerprint density at radius 2 is 1.64 bits per heavy atom. The third-order valence-corrected chi connectivity index (χ3v) is 9.58. The molecule has 3 N–H and O–H groups in total. The van der Waals surface area contributed by atoms with Crippen LogP contribution < -0.4 is 10.1 Å². The van der Waals surface area contributed by atoms with Gasteiger partial charge in [0.15, 0.2) is 5.60 Å². The number of ether oxygens (including phenoxy) is 2. The molecule has 0 bridgehead atoms. The third kappa shape index (κ3) is 16.3. The number of carbonyl (C=O) groups is 3. The van der Waals surface area contributed by atoms with Crippen molar-refractivity contribution in [1.82, 2.24) is 5.32 Å². The first kappa shape index (κ1) is 41.6. The molecule has 0 aromatic heterocycles. The van der Waals surface area contributed by atoms with Crippen LogP contribution in [0.15, 0.2) is 36.4 Å². The SMILES string of the molecule is CC#CCOc1ccc(C[C@H](NC(=O)[C@@H](C=CCCCCCCS(=O)(=O)CCCCCCC)[C@@](O)(CCF)C(=O)O)C(=O)OC)cc1. The Kier molecular flexibility index (Phi) is 20.3. The number of rotatable bonds is 25. The van der Waals surface area contributed by atoms with Crippen molar-refractivity contribution in [3.8, 4) is 17.6 Å². The summed E-state index contributed by atoms with van der Waals surface area (Å²) in [5.74, 6) is 1.15. The highest BCUT2D eigenvalue weighted by atomic mass is 32.2. The summed E-state index contributed by atoms with van der Waals surface area (Å²) in [5, 5.41) is 23.2. The van der Waals surface area contributed by atoms with Gasteiger partial charge in [0, 0.05) is 12.8 Å². The lowest BCUT2D eigenvalue weighted by Gasteiger charge is -2.30. The van der Waals surface area contributed by atoms with E-state index in [1.54, 1.807) is 31.2 Å². The lowest BCUT2D eigenvalue weighted by Crippen LogP contribution is -2.55. The van der Waals surface area contributed by atoms with Crippen LogP contribution in [0.4, 0.5) is 4.39 Å². The van der Waals surface area contributed by atoms with E-state index in [9.17, 15) is 37.4 Å². The van der Waals surface area contributed by atoms with Crippen molar-refractivity contribution in [2.45, 2.75) is 103 Å².